The van der Waals surface area contributed by atoms with Crippen LogP contribution in [0.15, 0.2) is 24.5 Å². The van der Waals surface area contributed by atoms with Crippen LogP contribution in [0, 0.1) is 5.92 Å². The number of morpholine rings is 1. The van der Waals surface area contributed by atoms with Gasteiger partial charge in [0.1, 0.15) is 0 Å². The van der Waals surface area contributed by atoms with E-state index >= 15 is 0 Å². The first-order valence-corrected chi connectivity index (χ1v) is 8.79. The molecule has 1 aromatic rings. The number of pyridine rings is 1. The number of hydrogen-bond acceptors (Lipinski definition) is 5. The lowest BCUT2D eigenvalue weighted by Gasteiger charge is -2.31. The Morgan fingerprint density at radius 3 is 2.88 bits per heavy atom. The van der Waals surface area contributed by atoms with Crippen molar-refractivity contribution >= 4 is 5.91 Å². The molecule has 0 radical (unpaired) electrons. The molecule has 2 aliphatic heterocycles. The zero-order valence-corrected chi connectivity index (χ0v) is 14.7. The average Bonchev–Trinajstić information content (AvgIpc) is 2.96. The first-order valence-electron chi connectivity index (χ1n) is 8.79. The number of aromatic nitrogens is 1. The number of hydrogen-bond donors (Lipinski definition) is 0. The molecule has 0 spiro atoms. The predicted octanol–water partition coefficient (Wildman–Crippen LogP) is 0.865. The molecule has 6 nitrogen and oxygen atoms in total. The number of rotatable bonds is 5. The maximum Gasteiger partial charge on any atom is 0.236 e. The van der Waals surface area contributed by atoms with Crippen molar-refractivity contribution in [2.45, 2.75) is 12.5 Å². The normalized spacial score (nSPS) is 25.4. The van der Waals surface area contributed by atoms with Crippen molar-refractivity contribution in [3.05, 3.63) is 30.1 Å². The van der Waals surface area contributed by atoms with Crippen LogP contribution in [0.4, 0.5) is 0 Å². The van der Waals surface area contributed by atoms with E-state index in [1.807, 2.05) is 23.4 Å². The largest absolute Gasteiger partial charge is 0.378 e. The maximum atomic E-state index is 12.4. The second-order valence-electron chi connectivity index (χ2n) is 6.95. The first kappa shape index (κ1) is 17.3. The van der Waals surface area contributed by atoms with E-state index in [0.717, 1.165) is 32.6 Å². The van der Waals surface area contributed by atoms with Gasteiger partial charge in [-0.2, -0.15) is 0 Å². The highest BCUT2D eigenvalue weighted by Crippen LogP contribution is 2.35. The van der Waals surface area contributed by atoms with Crippen molar-refractivity contribution in [2.24, 2.45) is 5.92 Å². The van der Waals surface area contributed by atoms with Crippen molar-refractivity contribution in [3.8, 4) is 0 Å². The van der Waals surface area contributed by atoms with Crippen LogP contribution in [0.3, 0.4) is 0 Å². The number of likely N-dealkylation sites (tertiary alicyclic amines) is 1. The molecule has 132 valence electrons. The minimum absolute atomic E-state index is 0.213. The Labute approximate surface area is 144 Å². The minimum atomic E-state index is 0.213. The molecule has 0 N–H and O–H groups in total. The number of amides is 1. The second-order valence-corrected chi connectivity index (χ2v) is 6.95. The molecule has 3 heterocycles. The number of carbonyl (C=O) groups is 1. The molecule has 2 saturated heterocycles. The molecule has 1 amide bonds. The third-order valence-corrected chi connectivity index (χ3v) is 5.12. The average molecular weight is 332 g/mol. The Balaban J connectivity index is 1.56. The summed E-state index contributed by atoms with van der Waals surface area (Å²) in [5, 5.41) is 0. The summed E-state index contributed by atoms with van der Waals surface area (Å²) in [5.41, 5.74) is 1.27. The van der Waals surface area contributed by atoms with Gasteiger partial charge >= 0.3 is 0 Å². The van der Waals surface area contributed by atoms with Gasteiger partial charge in [0.05, 0.1) is 19.8 Å². The van der Waals surface area contributed by atoms with E-state index in [-0.39, 0.29) is 5.91 Å². The number of nitrogens with zero attached hydrogens (tertiary/aromatic N) is 4. The maximum absolute atomic E-state index is 12.4. The summed E-state index contributed by atoms with van der Waals surface area (Å²) in [4.78, 5) is 23.2. The molecule has 2 fully saturated rings. The smallest absolute Gasteiger partial charge is 0.236 e. The third-order valence-electron chi connectivity index (χ3n) is 5.12. The molecule has 0 aromatic carbocycles. The monoisotopic (exact) mass is 332 g/mol. The molecule has 0 unspecified atom stereocenters. The van der Waals surface area contributed by atoms with Gasteiger partial charge in [-0.3, -0.25) is 19.6 Å². The van der Waals surface area contributed by atoms with Crippen LogP contribution in [-0.4, -0.2) is 85.6 Å². The van der Waals surface area contributed by atoms with Gasteiger partial charge in [0.15, 0.2) is 0 Å². The fourth-order valence-corrected chi connectivity index (χ4v) is 3.90. The molecule has 0 aliphatic carbocycles. The summed E-state index contributed by atoms with van der Waals surface area (Å²) in [5.74, 6) is 0.742. The fourth-order valence-electron chi connectivity index (χ4n) is 3.90. The van der Waals surface area contributed by atoms with Gasteiger partial charge in [-0.15, -0.1) is 0 Å². The van der Waals surface area contributed by atoms with Crippen LogP contribution in [0.25, 0.3) is 0 Å². The predicted molar refractivity (Wildman–Crippen MR) is 92.6 cm³/mol. The standard InChI is InChI=1S/C18H28N4O2/c1-20(14-17(23)22-8-10-24-11-9-22)13-16-5-7-21(2)18(16)15-4-3-6-19-12-15/h3-4,6,12,16,18H,5,7-11,13-14H2,1-2H3/t16-,18-/m0/s1. The summed E-state index contributed by atoms with van der Waals surface area (Å²) in [6.45, 7) is 5.27. The van der Waals surface area contributed by atoms with E-state index in [9.17, 15) is 4.79 Å². The topological polar surface area (TPSA) is 48.9 Å². The molecule has 2 aliphatic rings. The van der Waals surface area contributed by atoms with Crippen LogP contribution < -0.4 is 0 Å². The Morgan fingerprint density at radius 2 is 2.17 bits per heavy atom. The molecule has 3 rings (SSSR count). The summed E-state index contributed by atoms with van der Waals surface area (Å²) in [6, 6.07) is 4.55. The van der Waals surface area contributed by atoms with Gasteiger partial charge in [0.25, 0.3) is 0 Å². The van der Waals surface area contributed by atoms with Crippen LogP contribution in [0.5, 0.6) is 0 Å². The van der Waals surface area contributed by atoms with Crippen LogP contribution >= 0.6 is 0 Å². The van der Waals surface area contributed by atoms with Gasteiger partial charge < -0.3 is 9.64 Å². The van der Waals surface area contributed by atoms with Gasteiger partial charge in [-0.05, 0) is 44.6 Å². The highest BCUT2D eigenvalue weighted by atomic mass is 16.5. The van der Waals surface area contributed by atoms with Crippen molar-refractivity contribution in [2.75, 3.05) is 60.0 Å². The van der Waals surface area contributed by atoms with E-state index in [1.54, 1.807) is 0 Å². The van der Waals surface area contributed by atoms with E-state index in [1.165, 1.54) is 5.56 Å². The molecular formula is C18H28N4O2. The molecule has 24 heavy (non-hydrogen) atoms. The van der Waals surface area contributed by atoms with E-state index in [4.69, 9.17) is 4.74 Å². The quantitative estimate of drug-likeness (QED) is 0.801. The minimum Gasteiger partial charge on any atom is -0.378 e. The lowest BCUT2D eigenvalue weighted by Crippen LogP contribution is -2.45. The summed E-state index contributed by atoms with van der Waals surface area (Å²) in [6.07, 6.45) is 4.95. The van der Waals surface area contributed by atoms with Crippen molar-refractivity contribution in [1.82, 2.24) is 19.7 Å². The van der Waals surface area contributed by atoms with Crippen molar-refractivity contribution < 1.29 is 9.53 Å². The first-order chi connectivity index (χ1) is 11.6. The van der Waals surface area contributed by atoms with Crippen molar-refractivity contribution in [3.63, 3.8) is 0 Å². The summed E-state index contributed by atoms with van der Waals surface area (Å²) >= 11 is 0. The van der Waals surface area contributed by atoms with Crippen LogP contribution in [0.2, 0.25) is 0 Å². The van der Waals surface area contributed by atoms with Crippen LogP contribution in [0.1, 0.15) is 18.0 Å². The zero-order chi connectivity index (χ0) is 16.9. The molecule has 0 bridgehead atoms. The highest BCUT2D eigenvalue weighted by molar-refractivity contribution is 5.78. The highest BCUT2D eigenvalue weighted by Gasteiger charge is 2.34. The molecule has 0 saturated carbocycles. The fraction of sp³-hybridized carbons (Fsp3) is 0.667. The lowest BCUT2D eigenvalue weighted by atomic mass is 9.94. The summed E-state index contributed by atoms with van der Waals surface area (Å²) < 4.78 is 5.32. The van der Waals surface area contributed by atoms with Gasteiger partial charge in [-0.25, -0.2) is 0 Å². The van der Waals surface area contributed by atoms with E-state index in [2.05, 4.69) is 34.9 Å². The molecule has 2 atom stereocenters. The van der Waals surface area contributed by atoms with Gasteiger partial charge in [0, 0.05) is 38.1 Å². The molecular weight excluding hydrogens is 304 g/mol. The lowest BCUT2D eigenvalue weighted by molar-refractivity contribution is -0.136. The Morgan fingerprint density at radius 1 is 1.38 bits per heavy atom. The van der Waals surface area contributed by atoms with E-state index in [0.29, 0.717) is 31.7 Å². The van der Waals surface area contributed by atoms with E-state index < -0.39 is 0 Å². The Bertz CT molecular complexity index is 533. The number of ether oxygens (including phenoxy) is 1. The number of carbonyl (C=O) groups excluding carboxylic acids is 1. The third kappa shape index (κ3) is 4.12. The molecule has 1 aromatic heterocycles. The Hall–Kier alpha value is -1.50. The van der Waals surface area contributed by atoms with Crippen LogP contribution in [-0.2, 0) is 9.53 Å². The van der Waals surface area contributed by atoms with Gasteiger partial charge in [0.2, 0.25) is 5.91 Å². The SMILES string of the molecule is CN(CC(=O)N1CCOCC1)C[C@@H]1CCN(C)[C@H]1c1cccnc1. The summed E-state index contributed by atoms with van der Waals surface area (Å²) in [7, 11) is 4.23. The van der Waals surface area contributed by atoms with Crippen molar-refractivity contribution in [1.29, 1.82) is 0 Å². The van der Waals surface area contributed by atoms with Gasteiger partial charge in [-0.1, -0.05) is 6.07 Å². The number of likely N-dealkylation sites (N-methyl/N-ethyl adjacent to an activating group) is 1. The Kier molecular flexibility index (Phi) is 5.81. The molecule has 6 heteroatoms. The zero-order valence-electron chi connectivity index (χ0n) is 14.7. The second kappa shape index (κ2) is 8.05.